The van der Waals surface area contributed by atoms with E-state index in [4.69, 9.17) is 0 Å². The van der Waals surface area contributed by atoms with Crippen LogP contribution in [-0.4, -0.2) is 11.8 Å². The molecule has 1 saturated heterocycles. The van der Waals surface area contributed by atoms with Crippen molar-refractivity contribution in [2.24, 2.45) is 23.7 Å². The van der Waals surface area contributed by atoms with Gasteiger partial charge in [-0.15, -0.1) is 6.58 Å². The number of rotatable bonds is 4. The number of carbonyl (C=O) groups is 2. The fourth-order valence-electron chi connectivity index (χ4n) is 4.30. The molecule has 2 aromatic carbocycles. The average molecular weight is 422 g/mol. The molecule has 1 aliphatic carbocycles. The number of hydrogen-bond donors (Lipinski definition) is 0. The standard InChI is InChI=1S/C23H20BrNO2/c1-2-16-14-17(9-8-15-6-4-3-5-7-15)21-20(16)22(26)25(23(21)27)19-12-10-18(24)11-13-19/h2-13,16-17,20-21H,1,14H2/b9-8+/t16-,17+,20-,21+/m0/s1. The van der Waals surface area contributed by atoms with Gasteiger partial charge in [-0.1, -0.05) is 64.5 Å². The van der Waals surface area contributed by atoms with Crippen molar-refractivity contribution < 1.29 is 9.59 Å². The number of amides is 2. The Morgan fingerprint density at radius 3 is 2.19 bits per heavy atom. The summed E-state index contributed by atoms with van der Waals surface area (Å²) in [5, 5.41) is 0. The van der Waals surface area contributed by atoms with E-state index in [-0.39, 0.29) is 35.5 Å². The van der Waals surface area contributed by atoms with Crippen LogP contribution in [0.2, 0.25) is 0 Å². The molecule has 3 nitrogen and oxygen atoms in total. The predicted molar refractivity (Wildman–Crippen MR) is 111 cm³/mol. The molecule has 4 heteroatoms. The Hall–Kier alpha value is -2.46. The molecule has 2 aromatic rings. The SMILES string of the molecule is C=C[C@H]1C[C@@H](/C=C/c2ccccc2)[C@H]2C(=O)N(c3ccc(Br)cc3)C(=O)[C@H]21. The summed E-state index contributed by atoms with van der Waals surface area (Å²) in [5.41, 5.74) is 1.73. The van der Waals surface area contributed by atoms with Crippen LogP contribution in [0.15, 0.2) is 77.8 Å². The molecule has 2 aliphatic rings. The third-order valence-corrected chi connectivity index (χ3v) is 6.12. The van der Waals surface area contributed by atoms with E-state index in [1.807, 2.05) is 54.6 Å². The molecule has 136 valence electrons. The molecule has 1 saturated carbocycles. The normalized spacial score (nSPS) is 27.4. The van der Waals surface area contributed by atoms with Crippen molar-refractivity contribution in [2.45, 2.75) is 6.42 Å². The van der Waals surface area contributed by atoms with Crippen LogP contribution in [0.5, 0.6) is 0 Å². The fraction of sp³-hybridized carbons (Fsp3) is 0.217. The second-order valence-corrected chi connectivity index (χ2v) is 8.02. The van der Waals surface area contributed by atoms with Crippen LogP contribution >= 0.6 is 15.9 Å². The molecule has 0 aromatic heterocycles. The van der Waals surface area contributed by atoms with Crippen molar-refractivity contribution in [3.63, 3.8) is 0 Å². The highest BCUT2D eigenvalue weighted by molar-refractivity contribution is 9.10. The molecule has 1 heterocycles. The van der Waals surface area contributed by atoms with Gasteiger partial charge in [-0.05, 0) is 48.1 Å². The average Bonchev–Trinajstić information content (AvgIpc) is 3.18. The minimum absolute atomic E-state index is 0.0253. The van der Waals surface area contributed by atoms with Gasteiger partial charge in [-0.25, -0.2) is 0 Å². The van der Waals surface area contributed by atoms with Gasteiger partial charge in [0.1, 0.15) is 0 Å². The van der Waals surface area contributed by atoms with Crippen molar-refractivity contribution in [1.82, 2.24) is 0 Å². The van der Waals surface area contributed by atoms with E-state index in [1.54, 1.807) is 12.1 Å². The van der Waals surface area contributed by atoms with Gasteiger partial charge in [0, 0.05) is 4.47 Å². The predicted octanol–water partition coefficient (Wildman–Crippen LogP) is 5.09. The number of hydrogen-bond acceptors (Lipinski definition) is 2. The first-order chi connectivity index (χ1) is 13.1. The third-order valence-electron chi connectivity index (χ3n) is 5.59. The zero-order chi connectivity index (χ0) is 19.0. The van der Waals surface area contributed by atoms with Gasteiger partial charge in [0.05, 0.1) is 17.5 Å². The van der Waals surface area contributed by atoms with Gasteiger partial charge in [-0.2, -0.15) is 0 Å². The zero-order valence-corrected chi connectivity index (χ0v) is 16.4. The molecule has 27 heavy (non-hydrogen) atoms. The summed E-state index contributed by atoms with van der Waals surface area (Å²) in [6.07, 6.45) is 6.76. The highest BCUT2D eigenvalue weighted by Gasteiger charge is 2.57. The fourth-order valence-corrected chi connectivity index (χ4v) is 4.57. The first-order valence-corrected chi connectivity index (χ1v) is 9.88. The first kappa shape index (κ1) is 17.9. The Morgan fingerprint density at radius 1 is 0.926 bits per heavy atom. The van der Waals surface area contributed by atoms with E-state index in [1.165, 1.54) is 4.90 Å². The minimum atomic E-state index is -0.316. The lowest BCUT2D eigenvalue weighted by Crippen LogP contribution is -2.33. The number of nitrogens with zero attached hydrogens (tertiary/aromatic N) is 1. The summed E-state index contributed by atoms with van der Waals surface area (Å²) in [7, 11) is 0. The Bertz CT molecular complexity index is 904. The van der Waals surface area contributed by atoms with Gasteiger partial charge in [-0.3, -0.25) is 14.5 Å². The second-order valence-electron chi connectivity index (χ2n) is 7.11. The molecular formula is C23H20BrNO2. The zero-order valence-electron chi connectivity index (χ0n) is 14.8. The monoisotopic (exact) mass is 421 g/mol. The summed E-state index contributed by atoms with van der Waals surface area (Å²) in [4.78, 5) is 27.6. The number of carbonyl (C=O) groups excluding carboxylic acids is 2. The summed E-state index contributed by atoms with van der Waals surface area (Å²) >= 11 is 3.40. The smallest absolute Gasteiger partial charge is 0.238 e. The van der Waals surface area contributed by atoms with Crippen molar-refractivity contribution >= 4 is 39.5 Å². The maximum absolute atomic E-state index is 13.2. The molecule has 4 atom stereocenters. The Balaban J connectivity index is 1.65. The number of imide groups is 1. The van der Waals surface area contributed by atoms with Gasteiger partial charge < -0.3 is 0 Å². The Labute approximate surface area is 167 Å². The van der Waals surface area contributed by atoms with Crippen LogP contribution < -0.4 is 4.90 Å². The van der Waals surface area contributed by atoms with E-state index >= 15 is 0 Å². The number of fused-ring (bicyclic) bond motifs is 1. The Morgan fingerprint density at radius 2 is 1.56 bits per heavy atom. The van der Waals surface area contributed by atoms with E-state index in [2.05, 4.69) is 28.6 Å². The minimum Gasteiger partial charge on any atom is -0.274 e. The van der Waals surface area contributed by atoms with Crippen molar-refractivity contribution in [1.29, 1.82) is 0 Å². The summed E-state index contributed by atoms with van der Waals surface area (Å²) < 4.78 is 0.915. The molecule has 4 rings (SSSR count). The lowest BCUT2D eigenvalue weighted by molar-refractivity contribution is -0.123. The molecule has 0 radical (unpaired) electrons. The maximum atomic E-state index is 13.2. The molecule has 0 N–H and O–H groups in total. The summed E-state index contributed by atoms with van der Waals surface area (Å²) in [5.74, 6) is -0.771. The lowest BCUT2D eigenvalue weighted by Gasteiger charge is -2.19. The van der Waals surface area contributed by atoms with E-state index in [0.717, 1.165) is 16.5 Å². The topological polar surface area (TPSA) is 37.4 Å². The van der Waals surface area contributed by atoms with E-state index in [0.29, 0.717) is 5.69 Å². The van der Waals surface area contributed by atoms with Crippen molar-refractivity contribution in [3.05, 3.63) is 83.4 Å². The lowest BCUT2D eigenvalue weighted by atomic mass is 9.89. The number of halogens is 1. The molecular weight excluding hydrogens is 402 g/mol. The second kappa shape index (κ2) is 7.28. The highest BCUT2D eigenvalue weighted by Crippen LogP contribution is 2.49. The number of allylic oxidation sites excluding steroid dienone is 2. The Kier molecular flexibility index (Phi) is 4.83. The highest BCUT2D eigenvalue weighted by atomic mass is 79.9. The van der Waals surface area contributed by atoms with Crippen LogP contribution in [0.3, 0.4) is 0 Å². The van der Waals surface area contributed by atoms with Gasteiger partial charge in [0.15, 0.2) is 0 Å². The third kappa shape index (κ3) is 3.19. The van der Waals surface area contributed by atoms with Crippen molar-refractivity contribution in [3.8, 4) is 0 Å². The molecule has 0 spiro atoms. The number of benzene rings is 2. The van der Waals surface area contributed by atoms with Crippen LogP contribution in [0.25, 0.3) is 6.08 Å². The van der Waals surface area contributed by atoms with Crippen LogP contribution in [0.4, 0.5) is 5.69 Å². The van der Waals surface area contributed by atoms with Gasteiger partial charge in [0.25, 0.3) is 0 Å². The summed E-state index contributed by atoms with van der Waals surface area (Å²) in [6.45, 7) is 3.91. The van der Waals surface area contributed by atoms with E-state index < -0.39 is 0 Å². The van der Waals surface area contributed by atoms with Crippen LogP contribution in [0.1, 0.15) is 12.0 Å². The molecule has 1 aliphatic heterocycles. The first-order valence-electron chi connectivity index (χ1n) is 9.09. The number of anilines is 1. The van der Waals surface area contributed by atoms with Crippen molar-refractivity contribution in [2.75, 3.05) is 4.90 Å². The summed E-state index contributed by atoms with van der Waals surface area (Å²) in [6, 6.07) is 17.3. The van der Waals surface area contributed by atoms with Gasteiger partial charge in [0.2, 0.25) is 11.8 Å². The quantitative estimate of drug-likeness (QED) is 0.509. The largest absolute Gasteiger partial charge is 0.274 e. The maximum Gasteiger partial charge on any atom is 0.238 e. The van der Waals surface area contributed by atoms with Gasteiger partial charge >= 0.3 is 0 Å². The molecule has 2 amide bonds. The van der Waals surface area contributed by atoms with E-state index in [9.17, 15) is 9.59 Å². The molecule has 0 bridgehead atoms. The molecule has 2 fully saturated rings. The van der Waals surface area contributed by atoms with Crippen LogP contribution in [-0.2, 0) is 9.59 Å². The molecule has 0 unspecified atom stereocenters. The van der Waals surface area contributed by atoms with Crippen LogP contribution in [0, 0.1) is 23.7 Å².